The van der Waals surface area contributed by atoms with Gasteiger partial charge in [-0.3, -0.25) is 9.69 Å². The predicted octanol–water partition coefficient (Wildman–Crippen LogP) is 2.53. The van der Waals surface area contributed by atoms with Gasteiger partial charge >= 0.3 is 12.1 Å². The van der Waals surface area contributed by atoms with Gasteiger partial charge in [-0.05, 0) is 20.8 Å². The Bertz CT molecular complexity index is 898. The number of nitrogens with two attached hydrogens (primary N) is 1. The second-order valence-corrected chi connectivity index (χ2v) is 12.1. The number of carboxylic acid groups (broad SMARTS) is 1. The van der Waals surface area contributed by atoms with E-state index >= 15 is 0 Å². The van der Waals surface area contributed by atoms with Crippen LogP contribution in [0.5, 0.6) is 0 Å². The third-order valence-corrected chi connectivity index (χ3v) is 8.81. The molecule has 2 aliphatic heterocycles. The second kappa shape index (κ2) is 10.0. The number of β-lactam (4-membered cyclic amide) rings is 1. The third kappa shape index (κ3) is 5.89. The van der Waals surface area contributed by atoms with Crippen LogP contribution in [0.1, 0.15) is 26.5 Å². The molecule has 0 aliphatic carbocycles. The molecule has 13 heteroatoms. The number of nitrogens with zero attached hydrogens (tertiary/aromatic N) is 2. The summed E-state index contributed by atoms with van der Waals surface area (Å²) in [6.45, 7) is 5.90. The maximum absolute atomic E-state index is 12.1. The zero-order valence-corrected chi connectivity index (χ0v) is 20.5. The number of ether oxygens (including phenoxy) is 1. The average Bonchev–Trinajstić information content (AvgIpc) is 3.12. The highest BCUT2D eigenvalue weighted by molar-refractivity contribution is 8.07. The summed E-state index contributed by atoms with van der Waals surface area (Å²) in [6, 6.07) is -0.643. The smallest absolute Gasteiger partial charge is 0.407 e. The van der Waals surface area contributed by atoms with Crippen LogP contribution in [0.4, 0.5) is 4.79 Å². The third-order valence-electron chi connectivity index (χ3n) is 4.15. The topological polar surface area (TPSA) is 135 Å². The number of amides is 2. The van der Waals surface area contributed by atoms with E-state index < -0.39 is 23.7 Å². The number of rotatable bonds is 8. The van der Waals surface area contributed by atoms with Crippen molar-refractivity contribution >= 4 is 64.6 Å². The molecule has 0 spiro atoms. The zero-order valence-electron chi connectivity index (χ0n) is 17.2. The van der Waals surface area contributed by atoms with E-state index in [9.17, 15) is 19.5 Å². The molecule has 4 N–H and O–H groups in total. The van der Waals surface area contributed by atoms with E-state index in [1.165, 1.54) is 39.8 Å². The summed E-state index contributed by atoms with van der Waals surface area (Å²) in [5, 5.41) is 12.1. The van der Waals surface area contributed by atoms with Crippen LogP contribution in [-0.2, 0) is 20.1 Å². The van der Waals surface area contributed by atoms with Gasteiger partial charge in [-0.1, -0.05) is 11.8 Å². The van der Waals surface area contributed by atoms with E-state index in [0.717, 1.165) is 9.90 Å². The number of carbonyl (C=O) groups is 3. The van der Waals surface area contributed by atoms with E-state index in [0.29, 0.717) is 28.7 Å². The molecule has 9 nitrogen and oxygen atoms in total. The van der Waals surface area contributed by atoms with Crippen molar-refractivity contribution in [2.75, 3.05) is 18.1 Å². The number of carbonyl (C=O) groups excluding carboxylic acids is 2. The molecule has 0 aromatic carbocycles. The highest BCUT2D eigenvalue weighted by atomic mass is 32.2. The Hall–Kier alpha value is -1.41. The van der Waals surface area contributed by atoms with Crippen molar-refractivity contribution in [1.82, 2.24) is 15.2 Å². The molecular formula is C18H24N4O5S4. The SMILES string of the molecule is CC(C)(C)OC(=O)NCCSCc1ncsc1SC1=C(C(=O)O)N2C(=O)[C@@H](N)[C@H]2SC1. The Balaban J connectivity index is 1.55. The van der Waals surface area contributed by atoms with Gasteiger partial charge in [0.05, 0.1) is 15.4 Å². The number of fused-ring (bicyclic) bond motifs is 1. The highest BCUT2D eigenvalue weighted by Gasteiger charge is 2.52. The number of thioether (sulfide) groups is 3. The van der Waals surface area contributed by atoms with Crippen LogP contribution in [0.25, 0.3) is 0 Å². The van der Waals surface area contributed by atoms with Crippen LogP contribution >= 0.6 is 46.6 Å². The van der Waals surface area contributed by atoms with Crippen molar-refractivity contribution in [3.8, 4) is 0 Å². The Morgan fingerprint density at radius 3 is 2.87 bits per heavy atom. The monoisotopic (exact) mass is 504 g/mol. The number of alkyl carbamates (subject to hydrolysis) is 1. The van der Waals surface area contributed by atoms with Crippen molar-refractivity contribution in [2.45, 2.75) is 47.8 Å². The maximum Gasteiger partial charge on any atom is 0.407 e. The molecule has 1 fully saturated rings. The lowest BCUT2D eigenvalue weighted by Crippen LogP contribution is -2.68. The molecule has 170 valence electrons. The van der Waals surface area contributed by atoms with Crippen molar-refractivity contribution in [3.63, 3.8) is 0 Å². The number of hydrogen-bond acceptors (Lipinski definition) is 10. The van der Waals surface area contributed by atoms with E-state index in [1.807, 2.05) is 20.8 Å². The van der Waals surface area contributed by atoms with Crippen molar-refractivity contribution in [2.24, 2.45) is 5.73 Å². The van der Waals surface area contributed by atoms with Gasteiger partial charge in [-0.25, -0.2) is 14.6 Å². The molecule has 1 saturated heterocycles. The quantitative estimate of drug-likeness (QED) is 0.358. The number of hydrogen-bond donors (Lipinski definition) is 3. The number of aromatic nitrogens is 1. The lowest BCUT2D eigenvalue weighted by atomic mass is 10.1. The van der Waals surface area contributed by atoms with Crippen LogP contribution in [0, 0.1) is 0 Å². The van der Waals surface area contributed by atoms with Gasteiger partial charge in [0.25, 0.3) is 0 Å². The summed E-state index contributed by atoms with van der Waals surface area (Å²) < 4.78 is 6.09. The maximum atomic E-state index is 12.1. The minimum absolute atomic E-state index is 0.0222. The van der Waals surface area contributed by atoms with Gasteiger partial charge < -0.3 is 20.9 Å². The molecular weight excluding hydrogens is 480 g/mol. The van der Waals surface area contributed by atoms with Crippen LogP contribution in [0.3, 0.4) is 0 Å². The lowest BCUT2D eigenvalue weighted by molar-refractivity contribution is -0.147. The number of carboxylic acids is 1. The van der Waals surface area contributed by atoms with Gasteiger partial charge in [-0.2, -0.15) is 11.8 Å². The van der Waals surface area contributed by atoms with Gasteiger partial charge in [-0.15, -0.1) is 23.1 Å². The molecule has 2 atom stereocenters. The molecule has 0 unspecified atom stereocenters. The van der Waals surface area contributed by atoms with Gasteiger partial charge in [0.2, 0.25) is 5.91 Å². The van der Waals surface area contributed by atoms with Crippen molar-refractivity contribution < 1.29 is 24.2 Å². The second-order valence-electron chi connectivity index (χ2n) is 7.68. The molecule has 1 aromatic rings. The van der Waals surface area contributed by atoms with Crippen molar-refractivity contribution in [1.29, 1.82) is 0 Å². The summed E-state index contributed by atoms with van der Waals surface area (Å²) in [6.07, 6.45) is -0.445. The largest absolute Gasteiger partial charge is 0.477 e. The van der Waals surface area contributed by atoms with E-state index in [1.54, 1.807) is 17.3 Å². The zero-order chi connectivity index (χ0) is 22.8. The first-order chi connectivity index (χ1) is 14.6. The van der Waals surface area contributed by atoms with Gasteiger partial charge in [0.1, 0.15) is 22.7 Å². The molecule has 0 bridgehead atoms. The fourth-order valence-electron chi connectivity index (χ4n) is 2.82. The summed E-state index contributed by atoms with van der Waals surface area (Å²) >= 11 is 5.87. The predicted molar refractivity (Wildman–Crippen MR) is 124 cm³/mol. The van der Waals surface area contributed by atoms with Crippen molar-refractivity contribution in [3.05, 3.63) is 21.8 Å². The number of aliphatic carboxylic acids is 1. The normalized spacial score (nSPS) is 20.9. The summed E-state index contributed by atoms with van der Waals surface area (Å²) in [5.41, 5.74) is 7.86. The standard InChI is InChI=1S/C18H24N4O5S4/c1-18(2,3)27-17(26)20-4-5-28-6-9-16(30-8-21-9)31-10-7-29-14-11(19)13(23)22(14)12(10)15(24)25/h8,11,14H,4-7,19H2,1-3H3,(H,20,26)(H,24,25)/t11-,14-/m1/s1. The molecule has 2 amide bonds. The van der Waals surface area contributed by atoms with Crippen LogP contribution in [0.2, 0.25) is 0 Å². The molecule has 0 radical (unpaired) electrons. The highest BCUT2D eigenvalue weighted by Crippen LogP contribution is 2.46. The van der Waals surface area contributed by atoms with E-state index in [2.05, 4.69) is 10.3 Å². The summed E-state index contributed by atoms with van der Waals surface area (Å²) in [5.74, 6) is 0.313. The minimum Gasteiger partial charge on any atom is -0.477 e. The number of thiazole rings is 1. The van der Waals surface area contributed by atoms with E-state index in [4.69, 9.17) is 10.5 Å². The Morgan fingerprint density at radius 2 is 2.19 bits per heavy atom. The molecule has 2 aliphatic rings. The molecule has 3 rings (SSSR count). The minimum atomic E-state index is -1.12. The van der Waals surface area contributed by atoms with Gasteiger partial charge in [0, 0.05) is 28.7 Å². The fraction of sp³-hybridized carbons (Fsp3) is 0.556. The van der Waals surface area contributed by atoms with Crippen LogP contribution < -0.4 is 11.1 Å². The van der Waals surface area contributed by atoms with Gasteiger partial charge in [0.15, 0.2) is 0 Å². The van der Waals surface area contributed by atoms with E-state index in [-0.39, 0.29) is 17.0 Å². The first kappa shape index (κ1) is 24.2. The Morgan fingerprint density at radius 1 is 1.45 bits per heavy atom. The lowest BCUT2D eigenvalue weighted by Gasteiger charge is -2.47. The first-order valence-electron chi connectivity index (χ1n) is 9.40. The Kier molecular flexibility index (Phi) is 7.84. The number of nitrogens with one attached hydrogen (secondary N) is 1. The molecule has 0 saturated carbocycles. The summed E-state index contributed by atoms with van der Waals surface area (Å²) in [7, 11) is 0. The molecule has 31 heavy (non-hydrogen) atoms. The fourth-order valence-corrected chi connectivity index (χ4v) is 7.30. The Labute approximate surface area is 196 Å². The summed E-state index contributed by atoms with van der Waals surface area (Å²) in [4.78, 5) is 41.9. The van der Waals surface area contributed by atoms with Crippen LogP contribution in [0.15, 0.2) is 20.3 Å². The molecule has 3 heterocycles. The first-order valence-corrected chi connectivity index (χ1v) is 13.3. The molecule has 1 aromatic heterocycles. The van der Waals surface area contributed by atoms with Crippen LogP contribution in [-0.4, -0.2) is 68.0 Å². The average molecular weight is 505 g/mol.